The van der Waals surface area contributed by atoms with E-state index >= 15 is 0 Å². The number of aryl methyl sites for hydroxylation is 2. The number of nitrogens with zero attached hydrogens (tertiary/aromatic N) is 2. The number of hydrogen-bond donors (Lipinski definition) is 2. The predicted octanol–water partition coefficient (Wildman–Crippen LogP) is 11.9. The molecular weight excluding hydrogens is 645 g/mol. The van der Waals surface area contributed by atoms with Crippen molar-refractivity contribution >= 4 is 34.1 Å². The molecule has 6 rings (SSSR count). The summed E-state index contributed by atoms with van der Waals surface area (Å²) in [6, 6.07) is 50.0. The Morgan fingerprint density at radius 1 is 0.442 bits per heavy atom. The Morgan fingerprint density at radius 3 is 1.08 bits per heavy atom. The minimum absolute atomic E-state index is 0.590. The van der Waals surface area contributed by atoms with Gasteiger partial charge in [-0.3, -0.25) is 0 Å². The van der Waals surface area contributed by atoms with E-state index in [2.05, 4.69) is 121 Å². The highest BCUT2D eigenvalue weighted by Gasteiger charge is 2.16. The summed E-state index contributed by atoms with van der Waals surface area (Å²) in [4.78, 5) is 4.46. The summed E-state index contributed by atoms with van der Waals surface area (Å²) in [6.07, 6.45) is 1.26. The van der Waals surface area contributed by atoms with E-state index in [1.165, 1.54) is 11.1 Å². The fourth-order valence-corrected chi connectivity index (χ4v) is 6.31. The molecule has 0 heterocycles. The second-order valence-electron chi connectivity index (χ2n) is 13.2. The highest BCUT2D eigenvalue weighted by Crippen LogP contribution is 2.39. The van der Waals surface area contributed by atoms with Crippen LogP contribution in [0.5, 0.6) is 11.5 Å². The van der Waals surface area contributed by atoms with Gasteiger partial charge in [-0.1, -0.05) is 75.2 Å². The molecule has 6 nitrogen and oxygen atoms in total. The number of aliphatic hydroxyl groups excluding tert-OH is 2. The Labute approximate surface area is 308 Å². The van der Waals surface area contributed by atoms with E-state index in [0.717, 1.165) is 58.1 Å². The Kier molecular flexibility index (Phi) is 11.9. The quantitative estimate of drug-likeness (QED) is 0.104. The number of ether oxygens (including phenoxy) is 2. The van der Waals surface area contributed by atoms with Crippen molar-refractivity contribution < 1.29 is 19.7 Å². The normalized spacial score (nSPS) is 12.2. The number of rotatable bonds is 15. The van der Waals surface area contributed by atoms with Crippen LogP contribution in [0.2, 0.25) is 0 Å². The van der Waals surface area contributed by atoms with Crippen LogP contribution in [0, 0.1) is 13.8 Å². The van der Waals surface area contributed by atoms with Gasteiger partial charge in [0.15, 0.2) is 12.6 Å². The first-order valence-electron chi connectivity index (χ1n) is 18.1. The molecule has 0 amide bonds. The summed E-state index contributed by atoms with van der Waals surface area (Å²) >= 11 is 0. The lowest BCUT2D eigenvalue weighted by atomic mass is 10.0. The van der Waals surface area contributed by atoms with E-state index in [4.69, 9.17) is 9.47 Å². The van der Waals surface area contributed by atoms with Crippen LogP contribution in [0.4, 0.5) is 34.1 Å². The first kappa shape index (κ1) is 36.2. The fraction of sp³-hybridized carbons (Fsp3) is 0.217. The maximum absolute atomic E-state index is 10.1. The van der Waals surface area contributed by atoms with Gasteiger partial charge in [0.2, 0.25) is 0 Å². The largest absolute Gasteiger partial charge is 0.465 e. The number of benzene rings is 6. The molecule has 6 aromatic carbocycles. The Balaban J connectivity index is 1.27. The van der Waals surface area contributed by atoms with Crippen LogP contribution in [0.25, 0.3) is 11.1 Å². The van der Waals surface area contributed by atoms with Gasteiger partial charge in [0.25, 0.3) is 0 Å². The van der Waals surface area contributed by atoms with Crippen molar-refractivity contribution in [2.75, 3.05) is 9.80 Å². The van der Waals surface area contributed by atoms with Crippen molar-refractivity contribution in [2.45, 2.75) is 66.0 Å². The van der Waals surface area contributed by atoms with E-state index in [1.807, 2.05) is 62.4 Å². The number of anilines is 6. The summed E-state index contributed by atoms with van der Waals surface area (Å²) in [7, 11) is 0. The Bertz CT molecular complexity index is 1860. The van der Waals surface area contributed by atoms with Gasteiger partial charge in [-0.05, 0) is 133 Å². The molecule has 6 aromatic rings. The molecule has 0 fully saturated rings. The Morgan fingerprint density at radius 2 is 0.769 bits per heavy atom. The molecule has 0 saturated heterocycles. The van der Waals surface area contributed by atoms with Crippen molar-refractivity contribution in [2.24, 2.45) is 0 Å². The molecule has 0 radical (unpaired) electrons. The van der Waals surface area contributed by atoms with Crippen LogP contribution in [0.3, 0.4) is 0 Å². The number of aliphatic hydroxyl groups is 2. The highest BCUT2D eigenvalue weighted by molar-refractivity contribution is 5.81. The highest BCUT2D eigenvalue weighted by atomic mass is 16.6. The van der Waals surface area contributed by atoms with Gasteiger partial charge in [-0.15, -0.1) is 0 Å². The third-order valence-corrected chi connectivity index (χ3v) is 8.91. The summed E-state index contributed by atoms with van der Waals surface area (Å²) in [5.74, 6) is 1.28. The van der Waals surface area contributed by atoms with Crippen molar-refractivity contribution in [1.29, 1.82) is 0 Å². The van der Waals surface area contributed by atoms with Gasteiger partial charge in [-0.25, -0.2) is 0 Å². The molecule has 2 unspecified atom stereocenters. The average Bonchev–Trinajstić information content (AvgIpc) is 3.14. The van der Waals surface area contributed by atoms with Crippen LogP contribution in [-0.4, -0.2) is 22.8 Å². The molecule has 2 N–H and O–H groups in total. The summed E-state index contributed by atoms with van der Waals surface area (Å²) in [5.41, 5.74) is 10.8. The predicted molar refractivity (Wildman–Crippen MR) is 214 cm³/mol. The van der Waals surface area contributed by atoms with E-state index in [-0.39, 0.29) is 0 Å². The lowest BCUT2D eigenvalue weighted by Crippen LogP contribution is -2.15. The first-order chi connectivity index (χ1) is 25.3. The van der Waals surface area contributed by atoms with Crippen LogP contribution in [0.15, 0.2) is 146 Å². The van der Waals surface area contributed by atoms with Crippen molar-refractivity contribution in [3.05, 3.63) is 157 Å². The molecule has 0 aliphatic carbocycles. The van der Waals surface area contributed by atoms with E-state index in [0.29, 0.717) is 24.3 Å². The van der Waals surface area contributed by atoms with Crippen LogP contribution >= 0.6 is 0 Å². The Hall–Kier alpha value is -5.56. The van der Waals surface area contributed by atoms with Gasteiger partial charge in [-0.2, -0.15) is 0 Å². The lowest BCUT2D eigenvalue weighted by Gasteiger charge is -2.27. The second kappa shape index (κ2) is 17.1. The van der Waals surface area contributed by atoms with E-state index in [1.54, 1.807) is 0 Å². The first-order valence-corrected chi connectivity index (χ1v) is 18.1. The fourth-order valence-electron chi connectivity index (χ4n) is 6.31. The maximum Gasteiger partial charge on any atom is 0.197 e. The van der Waals surface area contributed by atoms with Gasteiger partial charge in [0.05, 0.1) is 0 Å². The zero-order chi connectivity index (χ0) is 36.5. The minimum Gasteiger partial charge on any atom is -0.465 e. The molecule has 0 aromatic heterocycles. The van der Waals surface area contributed by atoms with Gasteiger partial charge < -0.3 is 29.5 Å². The molecule has 0 aliphatic rings. The second-order valence-corrected chi connectivity index (χ2v) is 13.2. The zero-order valence-electron chi connectivity index (χ0n) is 30.4. The zero-order valence-corrected chi connectivity index (χ0v) is 30.4. The van der Waals surface area contributed by atoms with E-state index in [9.17, 15) is 10.2 Å². The van der Waals surface area contributed by atoms with Crippen LogP contribution in [0.1, 0.15) is 50.7 Å². The molecule has 52 heavy (non-hydrogen) atoms. The SMILES string of the molecule is CCCC(O)Oc1ccc(N(c2ccc(-c3ccc(N(c4ccc(OC(O)CCC)cc4)c4cccc(C)c4)cc3)cc2)c2cccc(C)c2)cc1. The molecule has 2 atom stereocenters. The molecule has 0 saturated carbocycles. The van der Waals surface area contributed by atoms with Gasteiger partial charge in [0.1, 0.15) is 11.5 Å². The molecule has 266 valence electrons. The molecular formula is C46H48N2O4. The van der Waals surface area contributed by atoms with Crippen LogP contribution < -0.4 is 19.3 Å². The monoisotopic (exact) mass is 692 g/mol. The lowest BCUT2D eigenvalue weighted by molar-refractivity contribution is -0.0238. The molecule has 0 bridgehead atoms. The van der Waals surface area contributed by atoms with Crippen molar-refractivity contribution in [3.63, 3.8) is 0 Å². The maximum atomic E-state index is 10.1. The minimum atomic E-state index is -0.812. The van der Waals surface area contributed by atoms with E-state index < -0.39 is 12.6 Å². The smallest absolute Gasteiger partial charge is 0.197 e. The molecule has 0 spiro atoms. The molecule has 0 aliphatic heterocycles. The third kappa shape index (κ3) is 9.02. The summed E-state index contributed by atoms with van der Waals surface area (Å²) < 4.78 is 11.4. The molecule has 6 heteroatoms. The summed E-state index contributed by atoms with van der Waals surface area (Å²) in [5, 5.41) is 20.3. The van der Waals surface area contributed by atoms with Gasteiger partial charge in [0, 0.05) is 47.0 Å². The standard InChI is InChI=1S/C46H48N2O4/c1-5-9-45(49)51-43-27-23-39(24-28-43)47(41-13-7-11-33(3)31-41)37-19-15-35(16-20-37)36-17-21-38(22-18-36)48(42-14-8-12-34(4)32-42)40-25-29-44(30-26-40)52-46(50)10-6-2/h7-8,11-32,45-46,49-50H,5-6,9-10H2,1-4H3. The van der Waals surface area contributed by atoms with Gasteiger partial charge >= 0.3 is 0 Å². The number of hydrogen-bond acceptors (Lipinski definition) is 6. The topological polar surface area (TPSA) is 65.4 Å². The van der Waals surface area contributed by atoms with Crippen molar-refractivity contribution in [3.8, 4) is 22.6 Å². The third-order valence-electron chi connectivity index (χ3n) is 8.91. The summed E-state index contributed by atoms with van der Waals surface area (Å²) in [6.45, 7) is 8.25. The van der Waals surface area contributed by atoms with Crippen LogP contribution in [-0.2, 0) is 0 Å². The van der Waals surface area contributed by atoms with Crippen molar-refractivity contribution in [1.82, 2.24) is 0 Å². The average molecular weight is 693 g/mol.